The van der Waals surface area contributed by atoms with Gasteiger partial charge < -0.3 is 14.6 Å². The van der Waals surface area contributed by atoms with Crippen LogP contribution in [0.25, 0.3) is 0 Å². The lowest BCUT2D eigenvalue weighted by Crippen LogP contribution is -2.40. The summed E-state index contributed by atoms with van der Waals surface area (Å²) in [4.78, 5) is 37.5. The molecular formula is C15H17NO6. The fourth-order valence-electron chi connectivity index (χ4n) is 3.88. The summed E-state index contributed by atoms with van der Waals surface area (Å²) in [5.74, 6) is -2.24. The highest BCUT2D eigenvalue weighted by Crippen LogP contribution is 2.67. The Bertz CT molecular complexity index is 601. The molecule has 7 nitrogen and oxygen atoms in total. The molecule has 2 saturated heterocycles. The fraction of sp³-hybridized carbons (Fsp3) is 0.667. The van der Waals surface area contributed by atoms with E-state index < -0.39 is 11.9 Å². The molecule has 1 saturated carbocycles. The van der Waals surface area contributed by atoms with Crippen molar-refractivity contribution in [1.82, 2.24) is 4.90 Å². The Hall–Kier alpha value is -1.73. The first kappa shape index (κ1) is 13.9. The van der Waals surface area contributed by atoms with Crippen molar-refractivity contribution >= 4 is 17.8 Å². The van der Waals surface area contributed by atoms with E-state index in [0.29, 0.717) is 0 Å². The zero-order valence-electron chi connectivity index (χ0n) is 12.1. The van der Waals surface area contributed by atoms with Crippen LogP contribution < -0.4 is 0 Å². The number of esters is 1. The largest absolute Gasteiger partial charge is 0.464 e. The van der Waals surface area contributed by atoms with E-state index in [9.17, 15) is 14.4 Å². The van der Waals surface area contributed by atoms with Crippen LogP contribution in [0.15, 0.2) is 12.2 Å². The Morgan fingerprint density at radius 3 is 2.82 bits per heavy atom. The number of aliphatic hydroxyl groups is 1. The van der Waals surface area contributed by atoms with Crippen LogP contribution in [0.4, 0.5) is 0 Å². The summed E-state index contributed by atoms with van der Waals surface area (Å²) in [6.07, 6.45) is 3.73. The second-order valence-corrected chi connectivity index (χ2v) is 6.41. The number of amides is 2. The molecule has 22 heavy (non-hydrogen) atoms. The number of ether oxygens (including phenoxy) is 2. The quantitative estimate of drug-likeness (QED) is 0.306. The fourth-order valence-corrected chi connectivity index (χ4v) is 3.88. The van der Waals surface area contributed by atoms with E-state index in [1.165, 1.54) is 4.90 Å². The van der Waals surface area contributed by atoms with Gasteiger partial charge in [-0.25, -0.2) is 0 Å². The molecule has 1 spiro atoms. The summed E-state index contributed by atoms with van der Waals surface area (Å²) in [5, 5.41) is 8.86. The van der Waals surface area contributed by atoms with Crippen molar-refractivity contribution < 1.29 is 29.0 Å². The van der Waals surface area contributed by atoms with Crippen molar-refractivity contribution in [2.45, 2.75) is 18.6 Å². The van der Waals surface area contributed by atoms with Crippen molar-refractivity contribution in [3.63, 3.8) is 0 Å². The minimum absolute atomic E-state index is 0.0147. The van der Waals surface area contributed by atoms with Crippen LogP contribution in [-0.2, 0) is 23.9 Å². The van der Waals surface area contributed by atoms with Crippen LogP contribution in [0.1, 0.15) is 6.92 Å². The van der Waals surface area contributed by atoms with Crippen molar-refractivity contribution in [2.75, 3.05) is 19.8 Å². The Morgan fingerprint density at radius 2 is 2.18 bits per heavy atom. The number of aliphatic hydroxyl groups excluding tert-OH is 1. The highest BCUT2D eigenvalue weighted by atomic mass is 16.6. The maximum absolute atomic E-state index is 12.5. The number of rotatable bonds is 5. The summed E-state index contributed by atoms with van der Waals surface area (Å²) < 4.78 is 10.6. The molecule has 0 aromatic carbocycles. The van der Waals surface area contributed by atoms with Crippen molar-refractivity contribution in [1.29, 1.82) is 0 Å². The number of fused-ring (bicyclic) bond motifs is 3. The summed E-state index contributed by atoms with van der Waals surface area (Å²) in [6, 6.07) is 0. The number of hydrogen-bond donors (Lipinski definition) is 1. The molecule has 7 heteroatoms. The number of imide groups is 1. The topological polar surface area (TPSA) is 96.4 Å². The molecule has 4 aliphatic rings. The van der Waals surface area contributed by atoms with Crippen LogP contribution in [0.2, 0.25) is 0 Å². The van der Waals surface area contributed by atoms with Gasteiger partial charge in [-0.3, -0.25) is 19.3 Å². The maximum atomic E-state index is 12.5. The third-order valence-corrected chi connectivity index (χ3v) is 5.24. The highest BCUT2D eigenvalue weighted by molar-refractivity contribution is 6.07. The van der Waals surface area contributed by atoms with Crippen molar-refractivity contribution in [3.8, 4) is 0 Å². The second kappa shape index (κ2) is 4.39. The van der Waals surface area contributed by atoms with Gasteiger partial charge in [0.1, 0.15) is 18.3 Å². The van der Waals surface area contributed by atoms with E-state index in [0.717, 1.165) is 0 Å². The standard InChI is InChI=1S/C15H17NO6/c1-7(6-17)14(20)21-5-4-16-12(18)9-8-2-3-15(8)11(22-15)10(9)13(16)19/h2-3,7-11,17H,4-6H2,1H3. The predicted octanol–water partition coefficient (Wildman–Crippen LogP) is -0.904. The lowest BCUT2D eigenvalue weighted by atomic mass is 9.78. The number of epoxide rings is 1. The Balaban J connectivity index is 1.38. The van der Waals surface area contributed by atoms with E-state index in [2.05, 4.69) is 0 Å². The zero-order valence-corrected chi connectivity index (χ0v) is 12.1. The van der Waals surface area contributed by atoms with E-state index in [1.54, 1.807) is 6.92 Å². The minimum atomic E-state index is -0.607. The van der Waals surface area contributed by atoms with E-state index in [1.807, 2.05) is 12.2 Å². The third kappa shape index (κ3) is 1.55. The van der Waals surface area contributed by atoms with Gasteiger partial charge in [0, 0.05) is 5.92 Å². The first-order valence-corrected chi connectivity index (χ1v) is 7.51. The molecule has 2 aliphatic carbocycles. The van der Waals surface area contributed by atoms with Gasteiger partial charge in [0.15, 0.2) is 0 Å². The summed E-state index contributed by atoms with van der Waals surface area (Å²) >= 11 is 0. The SMILES string of the molecule is CC(CO)C(=O)OCCN1C(=O)C2C(C1=O)C1OC13C=CC23. The summed E-state index contributed by atoms with van der Waals surface area (Å²) in [7, 11) is 0. The lowest BCUT2D eigenvalue weighted by molar-refractivity contribution is -0.152. The average Bonchev–Trinajstić information content (AvgIpc) is 3.16. The number of nitrogens with zero attached hydrogens (tertiary/aromatic N) is 1. The predicted molar refractivity (Wildman–Crippen MR) is 71.1 cm³/mol. The van der Waals surface area contributed by atoms with Gasteiger partial charge in [-0.05, 0) is 6.92 Å². The molecule has 2 amide bonds. The van der Waals surface area contributed by atoms with Gasteiger partial charge >= 0.3 is 5.97 Å². The van der Waals surface area contributed by atoms with Gasteiger partial charge in [-0.15, -0.1) is 0 Å². The van der Waals surface area contributed by atoms with Gasteiger partial charge in [0.25, 0.3) is 0 Å². The number of carbonyl (C=O) groups excluding carboxylic acids is 3. The number of carbonyl (C=O) groups is 3. The summed E-state index contributed by atoms with van der Waals surface area (Å²) in [5.41, 5.74) is -0.338. The molecule has 0 radical (unpaired) electrons. The Labute approximate surface area is 126 Å². The average molecular weight is 307 g/mol. The number of hydrogen-bond acceptors (Lipinski definition) is 6. The van der Waals surface area contributed by atoms with Gasteiger partial charge in [-0.1, -0.05) is 12.2 Å². The minimum Gasteiger partial charge on any atom is -0.464 e. The normalized spacial score (nSPS) is 41.6. The first-order valence-electron chi connectivity index (χ1n) is 7.51. The van der Waals surface area contributed by atoms with Crippen molar-refractivity contribution in [3.05, 3.63) is 12.2 Å². The summed E-state index contributed by atoms with van der Waals surface area (Å²) in [6.45, 7) is 1.27. The monoisotopic (exact) mass is 307 g/mol. The highest BCUT2D eigenvalue weighted by Gasteiger charge is 2.80. The Kier molecular flexibility index (Phi) is 2.77. The zero-order chi connectivity index (χ0) is 15.6. The van der Waals surface area contributed by atoms with Gasteiger partial charge in [-0.2, -0.15) is 0 Å². The maximum Gasteiger partial charge on any atom is 0.311 e. The smallest absolute Gasteiger partial charge is 0.311 e. The van der Waals surface area contributed by atoms with Crippen LogP contribution >= 0.6 is 0 Å². The molecule has 0 bridgehead atoms. The van der Waals surface area contributed by atoms with Gasteiger partial charge in [0.05, 0.1) is 30.9 Å². The third-order valence-electron chi connectivity index (χ3n) is 5.24. The molecule has 1 N–H and O–H groups in total. The molecule has 3 fully saturated rings. The molecule has 6 unspecified atom stereocenters. The van der Waals surface area contributed by atoms with E-state index in [4.69, 9.17) is 14.6 Å². The molecule has 0 aromatic heterocycles. The lowest BCUT2D eigenvalue weighted by Gasteiger charge is -2.27. The first-order chi connectivity index (χ1) is 10.5. The molecule has 2 heterocycles. The second-order valence-electron chi connectivity index (χ2n) is 6.41. The van der Waals surface area contributed by atoms with Crippen LogP contribution in [0.5, 0.6) is 0 Å². The van der Waals surface area contributed by atoms with Crippen LogP contribution in [-0.4, -0.2) is 59.3 Å². The van der Waals surface area contributed by atoms with Crippen LogP contribution in [0, 0.1) is 23.7 Å². The molecular weight excluding hydrogens is 290 g/mol. The molecule has 118 valence electrons. The van der Waals surface area contributed by atoms with Gasteiger partial charge in [0.2, 0.25) is 11.8 Å². The van der Waals surface area contributed by atoms with Crippen LogP contribution in [0.3, 0.4) is 0 Å². The van der Waals surface area contributed by atoms with E-state index >= 15 is 0 Å². The molecule has 4 rings (SSSR count). The molecule has 0 aromatic rings. The molecule has 6 atom stereocenters. The Morgan fingerprint density at radius 1 is 1.45 bits per heavy atom. The van der Waals surface area contributed by atoms with Crippen molar-refractivity contribution in [2.24, 2.45) is 23.7 Å². The number of likely N-dealkylation sites (tertiary alicyclic amines) is 1. The van der Waals surface area contributed by atoms with E-state index in [-0.39, 0.29) is 61.0 Å². The molecule has 2 aliphatic heterocycles.